The van der Waals surface area contributed by atoms with Gasteiger partial charge in [0, 0.05) is 18.3 Å². The second kappa shape index (κ2) is 6.49. The predicted octanol–water partition coefficient (Wildman–Crippen LogP) is 2.16. The summed E-state index contributed by atoms with van der Waals surface area (Å²) in [7, 11) is 1.35. The van der Waals surface area contributed by atoms with Crippen LogP contribution >= 0.6 is 11.3 Å². The summed E-state index contributed by atoms with van der Waals surface area (Å²) in [4.78, 5) is 15.6. The molecule has 2 aromatic rings. The van der Waals surface area contributed by atoms with E-state index >= 15 is 0 Å². The second-order valence-electron chi connectivity index (χ2n) is 4.08. The normalized spacial score (nSPS) is 10.6. The second-order valence-corrected chi connectivity index (χ2v) is 5.14. The van der Waals surface area contributed by atoms with Gasteiger partial charge in [0.15, 0.2) is 0 Å². The van der Waals surface area contributed by atoms with E-state index in [1.54, 1.807) is 17.4 Å². The van der Waals surface area contributed by atoms with E-state index in [-0.39, 0.29) is 5.97 Å². The third-order valence-electron chi connectivity index (χ3n) is 2.60. The lowest BCUT2D eigenvalue weighted by molar-refractivity contribution is 0.0600. The van der Waals surface area contributed by atoms with Gasteiger partial charge in [-0.3, -0.25) is 0 Å². The molecule has 2 rings (SSSR count). The zero-order valence-corrected chi connectivity index (χ0v) is 11.8. The number of carbonyl (C=O) groups is 1. The molecule has 0 amide bonds. The van der Waals surface area contributed by atoms with Gasteiger partial charge in [0.2, 0.25) is 0 Å². The molecule has 19 heavy (non-hydrogen) atoms. The highest BCUT2D eigenvalue weighted by Gasteiger charge is 2.09. The lowest BCUT2D eigenvalue weighted by Crippen LogP contribution is -2.16. The van der Waals surface area contributed by atoms with Gasteiger partial charge < -0.3 is 14.5 Å². The Balaban J connectivity index is 1.73. The van der Waals surface area contributed by atoms with E-state index in [9.17, 15) is 4.79 Å². The number of carbonyl (C=O) groups excluding carboxylic acids is 1. The van der Waals surface area contributed by atoms with Crippen LogP contribution in [0.3, 0.4) is 0 Å². The standard InChI is InChI=1S/C13H16N2O3S/c1-9-15-11(8-19-9)3-4-14-6-12-5-10(7-18-12)13(16)17-2/h5,7-8,14H,3-4,6H2,1-2H3. The summed E-state index contributed by atoms with van der Waals surface area (Å²) < 4.78 is 9.88. The van der Waals surface area contributed by atoms with Crippen LogP contribution in [0.5, 0.6) is 0 Å². The van der Waals surface area contributed by atoms with Crippen LogP contribution < -0.4 is 5.32 Å². The predicted molar refractivity (Wildman–Crippen MR) is 72.3 cm³/mol. The third kappa shape index (κ3) is 3.90. The van der Waals surface area contributed by atoms with Crippen LogP contribution in [0.25, 0.3) is 0 Å². The number of aryl methyl sites for hydroxylation is 1. The van der Waals surface area contributed by atoms with E-state index in [4.69, 9.17) is 4.42 Å². The van der Waals surface area contributed by atoms with Gasteiger partial charge in [0.25, 0.3) is 0 Å². The van der Waals surface area contributed by atoms with Gasteiger partial charge in [0.05, 0.1) is 29.9 Å². The number of nitrogens with one attached hydrogen (secondary N) is 1. The molecule has 0 unspecified atom stereocenters. The van der Waals surface area contributed by atoms with Gasteiger partial charge >= 0.3 is 5.97 Å². The average Bonchev–Trinajstić information content (AvgIpc) is 3.03. The fourth-order valence-electron chi connectivity index (χ4n) is 1.65. The first-order valence-corrected chi connectivity index (χ1v) is 6.84. The molecule has 0 aliphatic carbocycles. The first-order valence-electron chi connectivity index (χ1n) is 5.96. The molecule has 0 saturated heterocycles. The van der Waals surface area contributed by atoms with Gasteiger partial charge in [-0.1, -0.05) is 0 Å². The molecule has 0 aliphatic rings. The Kier molecular flexibility index (Phi) is 4.70. The fraction of sp³-hybridized carbons (Fsp3) is 0.385. The van der Waals surface area contributed by atoms with Crippen molar-refractivity contribution in [1.82, 2.24) is 10.3 Å². The van der Waals surface area contributed by atoms with Gasteiger partial charge in [-0.15, -0.1) is 11.3 Å². The summed E-state index contributed by atoms with van der Waals surface area (Å²) in [6, 6.07) is 1.69. The number of rotatable bonds is 6. The Morgan fingerprint density at radius 1 is 1.58 bits per heavy atom. The molecule has 0 atom stereocenters. The molecule has 102 valence electrons. The van der Waals surface area contributed by atoms with Crippen LogP contribution in [0, 0.1) is 6.92 Å². The highest BCUT2D eigenvalue weighted by atomic mass is 32.1. The highest BCUT2D eigenvalue weighted by molar-refractivity contribution is 7.09. The fourth-order valence-corrected chi connectivity index (χ4v) is 2.30. The number of aromatic nitrogens is 1. The van der Waals surface area contributed by atoms with Gasteiger partial charge in [-0.25, -0.2) is 9.78 Å². The first kappa shape index (κ1) is 13.8. The first-order chi connectivity index (χ1) is 9.19. The van der Waals surface area contributed by atoms with Crippen molar-refractivity contribution in [2.45, 2.75) is 19.9 Å². The Morgan fingerprint density at radius 3 is 3.11 bits per heavy atom. The maximum absolute atomic E-state index is 11.2. The van der Waals surface area contributed by atoms with E-state index in [2.05, 4.69) is 20.4 Å². The van der Waals surface area contributed by atoms with Crippen LogP contribution in [-0.2, 0) is 17.7 Å². The molecule has 0 aromatic carbocycles. The molecule has 2 aromatic heterocycles. The molecule has 0 radical (unpaired) electrons. The van der Waals surface area contributed by atoms with Gasteiger partial charge in [-0.05, 0) is 13.0 Å². The minimum atomic E-state index is -0.382. The van der Waals surface area contributed by atoms with Crippen molar-refractivity contribution in [2.24, 2.45) is 0 Å². The molecular formula is C13H16N2O3S. The number of thiazole rings is 1. The number of nitrogens with zero attached hydrogens (tertiary/aromatic N) is 1. The van der Waals surface area contributed by atoms with Crippen LogP contribution in [-0.4, -0.2) is 24.6 Å². The van der Waals surface area contributed by atoms with Crippen molar-refractivity contribution in [1.29, 1.82) is 0 Å². The number of esters is 1. The minimum absolute atomic E-state index is 0.382. The molecule has 6 heteroatoms. The van der Waals surface area contributed by atoms with Crippen molar-refractivity contribution in [3.05, 3.63) is 39.7 Å². The molecule has 0 spiro atoms. The van der Waals surface area contributed by atoms with Gasteiger partial charge in [-0.2, -0.15) is 0 Å². The number of methoxy groups -OCH3 is 1. The van der Waals surface area contributed by atoms with E-state index in [1.807, 2.05) is 6.92 Å². The van der Waals surface area contributed by atoms with E-state index < -0.39 is 0 Å². The Labute approximate surface area is 115 Å². The number of ether oxygens (including phenoxy) is 1. The molecule has 0 saturated carbocycles. The minimum Gasteiger partial charge on any atom is -0.467 e. The van der Waals surface area contributed by atoms with Crippen LogP contribution in [0.4, 0.5) is 0 Å². The molecular weight excluding hydrogens is 264 g/mol. The highest BCUT2D eigenvalue weighted by Crippen LogP contribution is 2.10. The maximum Gasteiger partial charge on any atom is 0.341 e. The number of hydrogen-bond donors (Lipinski definition) is 1. The Morgan fingerprint density at radius 2 is 2.42 bits per heavy atom. The Bertz CT molecular complexity index is 548. The van der Waals surface area contributed by atoms with Crippen molar-refractivity contribution in [2.75, 3.05) is 13.7 Å². The van der Waals surface area contributed by atoms with Crippen molar-refractivity contribution < 1.29 is 13.9 Å². The summed E-state index contributed by atoms with van der Waals surface area (Å²) in [5.74, 6) is 0.336. The number of hydrogen-bond acceptors (Lipinski definition) is 6. The molecule has 0 fully saturated rings. The Hall–Kier alpha value is -1.66. The number of furan rings is 1. The monoisotopic (exact) mass is 280 g/mol. The van der Waals surface area contributed by atoms with Crippen LogP contribution in [0.15, 0.2) is 22.1 Å². The van der Waals surface area contributed by atoms with Crippen molar-refractivity contribution in [3.8, 4) is 0 Å². The quantitative estimate of drug-likeness (QED) is 0.649. The third-order valence-corrected chi connectivity index (χ3v) is 3.42. The van der Waals surface area contributed by atoms with Crippen LogP contribution in [0.2, 0.25) is 0 Å². The van der Waals surface area contributed by atoms with Gasteiger partial charge in [0.1, 0.15) is 12.0 Å². The smallest absolute Gasteiger partial charge is 0.341 e. The lowest BCUT2D eigenvalue weighted by Gasteiger charge is -2.00. The SMILES string of the molecule is COC(=O)c1coc(CNCCc2csc(C)n2)c1. The summed E-state index contributed by atoms with van der Waals surface area (Å²) in [6.45, 7) is 3.40. The zero-order valence-electron chi connectivity index (χ0n) is 10.9. The molecule has 0 aliphatic heterocycles. The van der Waals surface area contributed by atoms with E-state index in [0.29, 0.717) is 12.1 Å². The zero-order chi connectivity index (χ0) is 13.7. The average molecular weight is 280 g/mol. The molecule has 5 nitrogen and oxygen atoms in total. The topological polar surface area (TPSA) is 64.4 Å². The largest absolute Gasteiger partial charge is 0.467 e. The molecule has 2 heterocycles. The summed E-state index contributed by atoms with van der Waals surface area (Å²) >= 11 is 1.66. The maximum atomic E-state index is 11.2. The molecule has 0 bridgehead atoms. The van der Waals surface area contributed by atoms with E-state index in [1.165, 1.54) is 13.4 Å². The summed E-state index contributed by atoms with van der Waals surface area (Å²) in [6.07, 6.45) is 2.29. The molecule has 1 N–H and O–H groups in total. The van der Waals surface area contributed by atoms with Crippen LogP contribution in [0.1, 0.15) is 26.8 Å². The van der Waals surface area contributed by atoms with Crippen molar-refractivity contribution in [3.63, 3.8) is 0 Å². The van der Waals surface area contributed by atoms with E-state index in [0.717, 1.165) is 29.4 Å². The van der Waals surface area contributed by atoms with Crippen molar-refractivity contribution >= 4 is 17.3 Å². The lowest BCUT2D eigenvalue weighted by atomic mass is 10.3. The summed E-state index contributed by atoms with van der Waals surface area (Å²) in [5, 5.41) is 6.40. The summed E-state index contributed by atoms with van der Waals surface area (Å²) in [5.41, 5.74) is 1.54.